The summed E-state index contributed by atoms with van der Waals surface area (Å²) in [4.78, 5) is 25.9. The van der Waals surface area contributed by atoms with E-state index in [0.717, 1.165) is 5.56 Å². The Labute approximate surface area is 166 Å². The molecule has 2 heterocycles. The lowest BCUT2D eigenvalue weighted by Gasteiger charge is -2.15. The van der Waals surface area contributed by atoms with Gasteiger partial charge in [-0.1, -0.05) is 78.9 Å². The monoisotopic (exact) mass is 380 g/mol. The van der Waals surface area contributed by atoms with Crippen molar-refractivity contribution in [3.05, 3.63) is 129 Å². The molecule has 0 aromatic heterocycles. The van der Waals surface area contributed by atoms with E-state index in [1.165, 1.54) is 0 Å². The molecule has 0 unspecified atom stereocenters. The molecule has 0 fully saturated rings. The van der Waals surface area contributed by atoms with Gasteiger partial charge in [0.2, 0.25) is 0 Å². The van der Waals surface area contributed by atoms with Gasteiger partial charge < -0.3 is 8.83 Å². The lowest BCUT2D eigenvalue weighted by atomic mass is 9.83. The first-order valence-electron chi connectivity index (χ1n) is 9.32. The van der Waals surface area contributed by atoms with Crippen molar-refractivity contribution < 1.29 is 8.83 Å². The topological polar surface area (TPSA) is 60.4 Å². The van der Waals surface area contributed by atoms with Crippen LogP contribution in [0.3, 0.4) is 0 Å². The molecule has 4 aliphatic rings. The third-order valence-electron chi connectivity index (χ3n) is 5.13. The van der Waals surface area contributed by atoms with Gasteiger partial charge in [-0.2, -0.15) is 0 Å². The standard InChI is InChI=1S/C25H16O4/c26-24-22(17-12-6-2-8-14-19(17)28-24)21(16-10-4-1-5-11-16)23-18-13-7-3-9-15-20(18)29-25(23)27/h1-15,21H. The van der Waals surface area contributed by atoms with Crippen LogP contribution in [-0.4, -0.2) is 0 Å². The predicted molar refractivity (Wildman–Crippen MR) is 111 cm³/mol. The van der Waals surface area contributed by atoms with Gasteiger partial charge in [0.1, 0.15) is 11.5 Å². The van der Waals surface area contributed by atoms with Crippen LogP contribution >= 0.6 is 0 Å². The molecular weight excluding hydrogens is 364 g/mol. The number of fused-ring (bicyclic) bond motifs is 2. The highest BCUT2D eigenvalue weighted by atomic mass is 16.4. The molecular formula is C25H16O4. The summed E-state index contributed by atoms with van der Waals surface area (Å²) in [5.41, 5.74) is 2.17. The summed E-state index contributed by atoms with van der Waals surface area (Å²) >= 11 is 0. The van der Waals surface area contributed by atoms with Crippen molar-refractivity contribution in [3.8, 4) is 22.6 Å². The van der Waals surface area contributed by atoms with E-state index in [1.54, 1.807) is 12.1 Å². The summed E-state index contributed by atoms with van der Waals surface area (Å²) in [6.45, 7) is 0. The zero-order valence-electron chi connectivity index (χ0n) is 15.4. The van der Waals surface area contributed by atoms with Crippen molar-refractivity contribution in [1.29, 1.82) is 0 Å². The van der Waals surface area contributed by atoms with Crippen LogP contribution in [0.5, 0.6) is 0 Å². The molecule has 0 radical (unpaired) electrons. The highest BCUT2D eigenvalue weighted by molar-refractivity contribution is 5.71. The summed E-state index contributed by atoms with van der Waals surface area (Å²) in [5.74, 6) is 0.368. The molecule has 0 amide bonds. The van der Waals surface area contributed by atoms with Crippen LogP contribution < -0.4 is 11.3 Å². The fraction of sp³-hybridized carbons (Fsp3) is 0.0400. The molecule has 0 spiro atoms. The van der Waals surface area contributed by atoms with E-state index < -0.39 is 17.2 Å². The van der Waals surface area contributed by atoms with Crippen molar-refractivity contribution in [2.45, 2.75) is 5.92 Å². The largest absolute Gasteiger partial charge is 0.422 e. The van der Waals surface area contributed by atoms with E-state index >= 15 is 0 Å². The van der Waals surface area contributed by atoms with E-state index in [0.29, 0.717) is 33.8 Å². The van der Waals surface area contributed by atoms with Gasteiger partial charge in [-0.05, 0) is 17.7 Å². The average molecular weight is 380 g/mol. The molecule has 0 N–H and O–H groups in total. The van der Waals surface area contributed by atoms with Crippen LogP contribution in [0.1, 0.15) is 22.6 Å². The van der Waals surface area contributed by atoms with Crippen molar-refractivity contribution in [3.63, 3.8) is 0 Å². The molecule has 1 aromatic rings. The first-order chi connectivity index (χ1) is 14.2. The van der Waals surface area contributed by atoms with Crippen LogP contribution in [0.4, 0.5) is 0 Å². The fourth-order valence-corrected chi connectivity index (χ4v) is 3.88. The smallest absolute Gasteiger partial charge is 0.341 e. The van der Waals surface area contributed by atoms with E-state index in [9.17, 15) is 9.59 Å². The second kappa shape index (κ2) is 6.91. The minimum atomic E-state index is -0.608. The number of hydrogen-bond acceptors (Lipinski definition) is 4. The summed E-state index contributed by atoms with van der Waals surface area (Å²) in [6, 6.07) is 27.8. The van der Waals surface area contributed by atoms with Gasteiger partial charge in [0.25, 0.3) is 0 Å². The Bertz CT molecular complexity index is 1260. The maximum absolute atomic E-state index is 13.0. The Morgan fingerprint density at radius 3 is 1.41 bits per heavy atom. The van der Waals surface area contributed by atoms with Crippen LogP contribution in [0.15, 0.2) is 109 Å². The number of benzene rings is 1. The van der Waals surface area contributed by atoms with Crippen LogP contribution in [0.2, 0.25) is 0 Å². The van der Waals surface area contributed by atoms with E-state index in [-0.39, 0.29) is 0 Å². The molecule has 0 saturated heterocycles. The quantitative estimate of drug-likeness (QED) is 0.443. The Morgan fingerprint density at radius 2 is 0.931 bits per heavy atom. The van der Waals surface area contributed by atoms with Crippen molar-refractivity contribution in [2.75, 3.05) is 0 Å². The normalized spacial score (nSPS) is 11.3. The number of rotatable bonds is 3. The molecule has 0 atom stereocenters. The van der Waals surface area contributed by atoms with Crippen molar-refractivity contribution in [2.24, 2.45) is 0 Å². The molecule has 0 bridgehead atoms. The Kier molecular flexibility index (Phi) is 4.10. The summed E-state index contributed by atoms with van der Waals surface area (Å²) in [6.07, 6.45) is 0. The zero-order chi connectivity index (χ0) is 19.8. The van der Waals surface area contributed by atoms with E-state index in [2.05, 4.69) is 0 Å². The minimum absolute atomic E-state index is 0.439. The fourth-order valence-electron chi connectivity index (χ4n) is 3.88. The highest BCUT2D eigenvalue weighted by Gasteiger charge is 2.33. The molecule has 4 heteroatoms. The lowest BCUT2D eigenvalue weighted by molar-refractivity contribution is 0.533. The van der Waals surface area contributed by atoms with E-state index in [4.69, 9.17) is 8.83 Å². The maximum atomic E-state index is 13.0. The Morgan fingerprint density at radius 1 is 0.517 bits per heavy atom. The Hall–Kier alpha value is -3.92. The lowest BCUT2D eigenvalue weighted by Crippen LogP contribution is -2.17. The molecule has 5 rings (SSSR count). The molecule has 4 nitrogen and oxygen atoms in total. The minimum Gasteiger partial charge on any atom is -0.422 e. The van der Waals surface area contributed by atoms with Gasteiger partial charge in [0, 0.05) is 17.0 Å². The Balaban J connectivity index is 1.87. The van der Waals surface area contributed by atoms with Crippen molar-refractivity contribution in [1.82, 2.24) is 0 Å². The maximum Gasteiger partial charge on any atom is 0.341 e. The molecule has 0 saturated carbocycles. The van der Waals surface area contributed by atoms with E-state index in [1.807, 2.05) is 78.9 Å². The van der Waals surface area contributed by atoms with Gasteiger partial charge in [-0.3, -0.25) is 0 Å². The third-order valence-corrected chi connectivity index (χ3v) is 5.13. The molecule has 140 valence electrons. The summed E-state index contributed by atoms with van der Waals surface area (Å²) in [7, 11) is 0. The van der Waals surface area contributed by atoms with Gasteiger partial charge in [-0.25, -0.2) is 9.59 Å². The second-order valence-electron chi connectivity index (χ2n) is 6.83. The predicted octanol–water partition coefficient (Wildman–Crippen LogP) is 4.98. The van der Waals surface area contributed by atoms with Crippen LogP contribution in [0, 0.1) is 0 Å². The first kappa shape index (κ1) is 17.2. The molecule has 1 aromatic carbocycles. The number of hydrogen-bond donors (Lipinski definition) is 0. The van der Waals surface area contributed by atoms with Gasteiger partial charge >= 0.3 is 11.3 Å². The SMILES string of the molecule is O=c1oc2cccccc-2c1C(c1ccccc1)c1c2cccccc-2oc1=O. The average Bonchev–Trinajstić information content (AvgIpc) is 2.99. The summed E-state index contributed by atoms with van der Waals surface area (Å²) < 4.78 is 11.1. The van der Waals surface area contributed by atoms with Gasteiger partial charge in [-0.15, -0.1) is 0 Å². The molecule has 2 aliphatic carbocycles. The number of furan rings is 2. The molecule has 29 heavy (non-hydrogen) atoms. The van der Waals surface area contributed by atoms with Crippen LogP contribution in [-0.2, 0) is 0 Å². The van der Waals surface area contributed by atoms with Crippen molar-refractivity contribution >= 4 is 0 Å². The van der Waals surface area contributed by atoms with Gasteiger partial charge in [0.05, 0.1) is 11.1 Å². The highest BCUT2D eigenvalue weighted by Crippen LogP contribution is 2.40. The zero-order valence-corrected chi connectivity index (χ0v) is 15.4. The first-order valence-corrected chi connectivity index (χ1v) is 9.32. The third kappa shape index (κ3) is 2.86. The molecule has 2 aliphatic heterocycles. The summed E-state index contributed by atoms with van der Waals surface area (Å²) in [5, 5.41) is 0. The van der Waals surface area contributed by atoms with Crippen LogP contribution in [0.25, 0.3) is 22.6 Å². The van der Waals surface area contributed by atoms with Gasteiger partial charge in [0.15, 0.2) is 0 Å². The second-order valence-corrected chi connectivity index (χ2v) is 6.83.